The maximum Gasteiger partial charge on any atom is 0.335 e. The summed E-state index contributed by atoms with van der Waals surface area (Å²) in [6, 6.07) is 17.2. The number of carboxylic acid groups (broad SMARTS) is 1. The fourth-order valence-electron chi connectivity index (χ4n) is 2.58. The zero-order chi connectivity index (χ0) is 20.8. The van der Waals surface area contributed by atoms with Gasteiger partial charge in [-0.05, 0) is 53.6 Å². The molecular weight excluding hydrogens is 413 g/mol. The molecule has 0 atom stereocenters. The Hall–Kier alpha value is -3.02. The molecule has 0 heterocycles. The molecule has 5 nitrogen and oxygen atoms in total. The lowest BCUT2D eigenvalue weighted by molar-refractivity contribution is 0.0696. The highest BCUT2D eigenvalue weighted by Gasteiger charge is 2.08. The first-order valence-electron chi connectivity index (χ1n) is 8.59. The minimum atomic E-state index is -0.979. The molecule has 3 aromatic rings. The van der Waals surface area contributed by atoms with Crippen molar-refractivity contribution in [1.29, 1.82) is 0 Å². The van der Waals surface area contributed by atoms with Crippen LogP contribution in [0.3, 0.4) is 0 Å². The summed E-state index contributed by atoms with van der Waals surface area (Å²) in [6.45, 7) is 0.211. The van der Waals surface area contributed by atoms with Gasteiger partial charge in [0.05, 0.1) is 28.4 Å². The number of methoxy groups -OCH3 is 1. The van der Waals surface area contributed by atoms with Crippen molar-refractivity contribution >= 4 is 41.1 Å². The molecule has 1 N–H and O–H groups in total. The maximum atomic E-state index is 11.1. The van der Waals surface area contributed by atoms with Gasteiger partial charge in [0.15, 0.2) is 11.5 Å². The van der Waals surface area contributed by atoms with Crippen LogP contribution in [0, 0.1) is 0 Å². The molecule has 0 saturated carbocycles. The van der Waals surface area contributed by atoms with Crippen LogP contribution in [0.4, 0.5) is 5.69 Å². The van der Waals surface area contributed by atoms with Gasteiger partial charge in [0, 0.05) is 6.21 Å². The Bertz CT molecular complexity index is 1070. The maximum absolute atomic E-state index is 11.1. The Morgan fingerprint density at radius 2 is 1.86 bits per heavy atom. The molecule has 0 saturated heterocycles. The molecule has 3 rings (SSSR count). The summed E-state index contributed by atoms with van der Waals surface area (Å²) < 4.78 is 11.2. The van der Waals surface area contributed by atoms with Crippen molar-refractivity contribution in [2.75, 3.05) is 7.11 Å². The van der Waals surface area contributed by atoms with E-state index in [-0.39, 0.29) is 12.2 Å². The van der Waals surface area contributed by atoms with Gasteiger partial charge in [0.1, 0.15) is 6.61 Å². The normalized spacial score (nSPS) is 10.9. The Morgan fingerprint density at radius 3 is 2.62 bits per heavy atom. The van der Waals surface area contributed by atoms with Crippen molar-refractivity contribution in [1.82, 2.24) is 0 Å². The molecule has 0 aliphatic heterocycles. The predicted molar refractivity (Wildman–Crippen MR) is 114 cm³/mol. The second-order valence-corrected chi connectivity index (χ2v) is 6.82. The molecule has 0 unspecified atom stereocenters. The molecule has 0 aliphatic rings. The van der Waals surface area contributed by atoms with Crippen LogP contribution in [-0.2, 0) is 6.61 Å². The van der Waals surface area contributed by atoms with Crippen LogP contribution in [0.15, 0.2) is 65.7 Å². The van der Waals surface area contributed by atoms with Crippen molar-refractivity contribution in [2.24, 2.45) is 4.99 Å². The first kappa shape index (κ1) is 20.7. The minimum absolute atomic E-state index is 0.211. The summed E-state index contributed by atoms with van der Waals surface area (Å²) in [5.74, 6) is 0.0829. The van der Waals surface area contributed by atoms with Gasteiger partial charge >= 0.3 is 5.97 Å². The summed E-state index contributed by atoms with van der Waals surface area (Å²) in [6.07, 6.45) is 1.65. The van der Waals surface area contributed by atoms with E-state index in [0.29, 0.717) is 27.2 Å². The molecule has 0 spiro atoms. The fraction of sp³-hybridized carbons (Fsp3) is 0.0909. The first-order valence-corrected chi connectivity index (χ1v) is 9.34. The number of rotatable bonds is 7. The van der Waals surface area contributed by atoms with Gasteiger partial charge in [0.2, 0.25) is 0 Å². The van der Waals surface area contributed by atoms with Crippen LogP contribution in [0.25, 0.3) is 0 Å². The van der Waals surface area contributed by atoms with Gasteiger partial charge in [-0.2, -0.15) is 0 Å². The molecule has 0 fully saturated rings. The molecule has 0 bridgehead atoms. The number of carbonyl (C=O) groups is 1. The summed E-state index contributed by atoms with van der Waals surface area (Å²) >= 11 is 12.1. The van der Waals surface area contributed by atoms with E-state index in [2.05, 4.69) is 4.99 Å². The zero-order valence-electron chi connectivity index (χ0n) is 15.4. The van der Waals surface area contributed by atoms with Gasteiger partial charge < -0.3 is 14.6 Å². The highest BCUT2D eigenvalue weighted by Crippen LogP contribution is 2.32. The SMILES string of the molecule is COc1cc(C=Nc2cccc(Cl)c2Cl)ccc1OCc1cccc(C(=O)O)c1. The molecule has 3 aromatic carbocycles. The molecule has 29 heavy (non-hydrogen) atoms. The molecule has 0 aromatic heterocycles. The van der Waals surface area contributed by atoms with Crippen molar-refractivity contribution in [3.63, 3.8) is 0 Å². The van der Waals surface area contributed by atoms with Crippen LogP contribution in [0.2, 0.25) is 10.0 Å². The van der Waals surface area contributed by atoms with Gasteiger partial charge in [-0.25, -0.2) is 4.79 Å². The van der Waals surface area contributed by atoms with Gasteiger partial charge in [0.25, 0.3) is 0 Å². The van der Waals surface area contributed by atoms with Crippen molar-refractivity contribution in [3.8, 4) is 11.5 Å². The predicted octanol–water partition coefficient (Wildman–Crippen LogP) is 6.03. The van der Waals surface area contributed by atoms with E-state index < -0.39 is 5.97 Å². The third-order valence-electron chi connectivity index (χ3n) is 4.04. The lowest BCUT2D eigenvalue weighted by atomic mass is 10.1. The van der Waals surface area contributed by atoms with Crippen molar-refractivity contribution in [3.05, 3.63) is 87.4 Å². The summed E-state index contributed by atoms with van der Waals surface area (Å²) in [5.41, 5.74) is 2.31. The monoisotopic (exact) mass is 429 g/mol. The Kier molecular flexibility index (Phi) is 6.75. The van der Waals surface area contributed by atoms with E-state index in [1.807, 2.05) is 6.07 Å². The second-order valence-electron chi connectivity index (χ2n) is 6.04. The third-order valence-corrected chi connectivity index (χ3v) is 4.85. The van der Waals surface area contributed by atoms with Crippen LogP contribution in [0.5, 0.6) is 11.5 Å². The Balaban J connectivity index is 1.75. The van der Waals surface area contributed by atoms with Crippen LogP contribution >= 0.6 is 23.2 Å². The summed E-state index contributed by atoms with van der Waals surface area (Å²) in [5, 5.41) is 9.91. The van der Waals surface area contributed by atoms with E-state index in [9.17, 15) is 4.79 Å². The molecule has 0 amide bonds. The number of hydrogen-bond acceptors (Lipinski definition) is 4. The third kappa shape index (κ3) is 5.28. The van der Waals surface area contributed by atoms with E-state index >= 15 is 0 Å². The summed E-state index contributed by atoms with van der Waals surface area (Å²) in [7, 11) is 1.54. The van der Waals surface area contributed by atoms with E-state index in [0.717, 1.165) is 11.1 Å². The molecule has 148 valence electrons. The number of aromatic carboxylic acids is 1. The fourth-order valence-corrected chi connectivity index (χ4v) is 2.92. The Labute approximate surface area is 178 Å². The molecule has 0 radical (unpaired) electrons. The molecular formula is C22H17Cl2NO4. The second kappa shape index (κ2) is 9.45. The van der Waals surface area contributed by atoms with E-state index in [1.165, 1.54) is 6.07 Å². The molecule has 7 heteroatoms. The average Bonchev–Trinajstić information content (AvgIpc) is 2.73. The van der Waals surface area contributed by atoms with Crippen LogP contribution in [0.1, 0.15) is 21.5 Å². The number of benzene rings is 3. The van der Waals surface area contributed by atoms with Crippen molar-refractivity contribution < 1.29 is 19.4 Å². The topological polar surface area (TPSA) is 68.1 Å². The smallest absolute Gasteiger partial charge is 0.335 e. The Morgan fingerprint density at radius 1 is 1.07 bits per heavy atom. The van der Waals surface area contributed by atoms with Crippen molar-refractivity contribution in [2.45, 2.75) is 6.61 Å². The lowest BCUT2D eigenvalue weighted by Gasteiger charge is -2.11. The number of nitrogens with zero attached hydrogens (tertiary/aromatic N) is 1. The number of hydrogen-bond donors (Lipinski definition) is 1. The minimum Gasteiger partial charge on any atom is -0.493 e. The number of halogens is 2. The van der Waals surface area contributed by atoms with Crippen LogP contribution in [-0.4, -0.2) is 24.4 Å². The molecule has 0 aliphatic carbocycles. The average molecular weight is 430 g/mol. The standard InChI is InChI=1S/C22H17Cl2NO4/c1-28-20-11-14(12-25-18-7-3-6-17(23)21(18)24)8-9-19(20)29-13-15-4-2-5-16(10-15)22(26)27/h2-12H,13H2,1H3,(H,26,27). The summed E-state index contributed by atoms with van der Waals surface area (Å²) in [4.78, 5) is 15.4. The van der Waals surface area contributed by atoms with Gasteiger partial charge in [-0.3, -0.25) is 4.99 Å². The number of ether oxygens (including phenoxy) is 2. The highest BCUT2D eigenvalue weighted by molar-refractivity contribution is 6.43. The quantitative estimate of drug-likeness (QED) is 0.465. The highest BCUT2D eigenvalue weighted by atomic mass is 35.5. The van der Waals surface area contributed by atoms with Crippen LogP contribution < -0.4 is 9.47 Å². The van der Waals surface area contributed by atoms with Gasteiger partial charge in [-0.1, -0.05) is 41.4 Å². The lowest BCUT2D eigenvalue weighted by Crippen LogP contribution is -2.01. The van der Waals surface area contributed by atoms with E-state index in [1.54, 1.807) is 61.9 Å². The van der Waals surface area contributed by atoms with Gasteiger partial charge in [-0.15, -0.1) is 0 Å². The largest absolute Gasteiger partial charge is 0.493 e. The first-order chi connectivity index (χ1) is 14.0. The number of carboxylic acids is 1. The van der Waals surface area contributed by atoms with E-state index in [4.69, 9.17) is 37.8 Å². The zero-order valence-corrected chi connectivity index (χ0v) is 16.9. The number of aliphatic imine (C=N–C) groups is 1.